The number of carboxylic acid groups (broad SMARTS) is 2. The molecule has 22 heavy (non-hydrogen) atoms. The summed E-state index contributed by atoms with van der Waals surface area (Å²) in [4.78, 5) is 22.8. The molecule has 4 nitrogen and oxygen atoms in total. The van der Waals surface area contributed by atoms with E-state index >= 15 is 0 Å². The van der Waals surface area contributed by atoms with Crippen molar-refractivity contribution in [3.8, 4) is 0 Å². The van der Waals surface area contributed by atoms with Gasteiger partial charge in [0, 0.05) is 0 Å². The van der Waals surface area contributed by atoms with E-state index in [1.54, 1.807) is 13.8 Å². The van der Waals surface area contributed by atoms with Crippen LogP contribution in [0.1, 0.15) is 85.0 Å². The molecule has 0 aliphatic heterocycles. The molecule has 0 rings (SSSR count). The van der Waals surface area contributed by atoms with Crippen molar-refractivity contribution in [2.24, 2.45) is 11.3 Å². The van der Waals surface area contributed by atoms with Crippen molar-refractivity contribution in [1.82, 2.24) is 0 Å². The third kappa shape index (κ3) is 8.43. The number of rotatable bonds is 13. The third-order valence-electron chi connectivity index (χ3n) is 4.42. The Labute approximate surface area is 177 Å². The van der Waals surface area contributed by atoms with Gasteiger partial charge in [-0.3, -0.25) is 9.59 Å². The van der Waals surface area contributed by atoms with Crippen molar-refractivity contribution < 1.29 is 19.8 Å². The molecule has 0 aliphatic carbocycles. The Balaban J connectivity index is 0. The molecule has 0 unspecified atom stereocenters. The number of carbonyl (C=O) groups is 2. The normalized spacial score (nSPS) is 11.3. The van der Waals surface area contributed by atoms with Gasteiger partial charge >= 0.3 is 63.3 Å². The Morgan fingerprint density at radius 2 is 1.18 bits per heavy atom. The summed E-state index contributed by atoms with van der Waals surface area (Å²) in [6.07, 6.45) is 10.4. The molecule has 0 aromatic carbocycles. The molecule has 0 heterocycles. The topological polar surface area (TPSA) is 74.6 Å². The predicted octanol–water partition coefficient (Wildman–Crippen LogP) is 4.07. The van der Waals surface area contributed by atoms with E-state index in [0.717, 1.165) is 12.8 Å². The van der Waals surface area contributed by atoms with Gasteiger partial charge in [-0.25, -0.2) is 0 Å². The summed E-state index contributed by atoms with van der Waals surface area (Å²) in [6, 6.07) is 0. The van der Waals surface area contributed by atoms with E-state index in [-0.39, 0.29) is 57.8 Å². The maximum atomic E-state index is 11.4. The zero-order valence-electron chi connectivity index (χ0n) is 13.9. The average Bonchev–Trinajstić information content (AvgIpc) is 2.39. The molecule has 0 amide bonds. The molecule has 0 saturated heterocycles. The Hall–Kier alpha value is 0.576. The SMILES string of the molecule is CCCCCCCCCCCC(C(=O)O)(C(=O)O)C(C)C.[KH]. The molecule has 5 heteroatoms. The minimum atomic E-state index is -1.62. The Bertz CT molecular complexity index is 302. The summed E-state index contributed by atoms with van der Waals surface area (Å²) in [5.74, 6) is -2.81. The molecule has 2 N–H and O–H groups in total. The van der Waals surface area contributed by atoms with Gasteiger partial charge in [-0.05, 0) is 12.3 Å². The zero-order valence-corrected chi connectivity index (χ0v) is 13.9. The number of hydrogen-bond acceptors (Lipinski definition) is 2. The summed E-state index contributed by atoms with van der Waals surface area (Å²) < 4.78 is 0. The van der Waals surface area contributed by atoms with Crippen molar-refractivity contribution in [3.63, 3.8) is 0 Å². The standard InChI is InChI=1S/C17H32O4.K.H/c1-4-5-6-7-8-9-10-11-12-13-17(14(2)3,15(18)19)16(20)21;;/h14H,4-13H2,1-3H3,(H,18,19)(H,20,21);;. The minimum absolute atomic E-state index is 0. The van der Waals surface area contributed by atoms with Gasteiger partial charge in [-0.2, -0.15) is 0 Å². The Morgan fingerprint density at radius 1 is 0.818 bits per heavy atom. The van der Waals surface area contributed by atoms with E-state index in [2.05, 4.69) is 6.92 Å². The van der Waals surface area contributed by atoms with Crippen molar-refractivity contribution in [2.75, 3.05) is 0 Å². The summed E-state index contributed by atoms with van der Waals surface area (Å²) in [6.45, 7) is 5.55. The molecular weight excluding hydrogens is 307 g/mol. The molecule has 0 aromatic heterocycles. The fourth-order valence-corrected chi connectivity index (χ4v) is 2.80. The number of hydrogen-bond donors (Lipinski definition) is 2. The molecule has 0 spiro atoms. The summed E-state index contributed by atoms with van der Waals surface area (Å²) in [5.41, 5.74) is -1.62. The number of aliphatic carboxylic acids is 2. The molecule has 126 valence electrons. The van der Waals surface area contributed by atoms with E-state index in [4.69, 9.17) is 0 Å². The van der Waals surface area contributed by atoms with Crippen LogP contribution in [0.15, 0.2) is 0 Å². The quantitative estimate of drug-likeness (QED) is 0.301. The van der Waals surface area contributed by atoms with Crippen molar-refractivity contribution in [2.45, 2.75) is 85.0 Å². The first-order valence-electron chi connectivity index (χ1n) is 8.36. The van der Waals surface area contributed by atoms with E-state index in [1.165, 1.54) is 38.5 Å². The van der Waals surface area contributed by atoms with Crippen LogP contribution in [-0.2, 0) is 9.59 Å². The van der Waals surface area contributed by atoms with Crippen LogP contribution in [0, 0.1) is 11.3 Å². The molecule has 0 aliphatic rings. The fourth-order valence-electron chi connectivity index (χ4n) is 2.80. The van der Waals surface area contributed by atoms with Gasteiger partial charge < -0.3 is 10.2 Å². The van der Waals surface area contributed by atoms with Gasteiger partial charge in [-0.1, -0.05) is 78.6 Å². The Kier molecular flexibility index (Phi) is 15.8. The van der Waals surface area contributed by atoms with Gasteiger partial charge in [-0.15, -0.1) is 0 Å². The first-order valence-corrected chi connectivity index (χ1v) is 8.36. The second-order valence-corrected chi connectivity index (χ2v) is 6.31. The van der Waals surface area contributed by atoms with Crippen molar-refractivity contribution >= 4 is 63.3 Å². The zero-order chi connectivity index (χ0) is 16.3. The molecule has 0 radical (unpaired) electrons. The van der Waals surface area contributed by atoms with Crippen LogP contribution in [0.25, 0.3) is 0 Å². The average molecular weight is 341 g/mol. The van der Waals surface area contributed by atoms with Crippen LogP contribution >= 0.6 is 0 Å². The summed E-state index contributed by atoms with van der Waals surface area (Å²) >= 11 is 0. The second-order valence-electron chi connectivity index (χ2n) is 6.31. The Morgan fingerprint density at radius 3 is 1.50 bits per heavy atom. The van der Waals surface area contributed by atoms with Crippen LogP contribution in [0.2, 0.25) is 0 Å². The predicted molar refractivity (Wildman–Crippen MR) is 91.5 cm³/mol. The summed E-state index contributed by atoms with van der Waals surface area (Å²) in [5, 5.41) is 18.6. The maximum absolute atomic E-state index is 11.4. The molecule has 0 bridgehead atoms. The van der Waals surface area contributed by atoms with Gasteiger partial charge in [0.05, 0.1) is 0 Å². The van der Waals surface area contributed by atoms with Crippen LogP contribution < -0.4 is 0 Å². The molecule has 0 atom stereocenters. The third-order valence-corrected chi connectivity index (χ3v) is 4.42. The molecule has 0 saturated carbocycles. The van der Waals surface area contributed by atoms with Crippen LogP contribution in [0.4, 0.5) is 0 Å². The van der Waals surface area contributed by atoms with Crippen LogP contribution in [-0.4, -0.2) is 73.5 Å². The van der Waals surface area contributed by atoms with E-state index in [9.17, 15) is 19.8 Å². The second kappa shape index (κ2) is 14.0. The first-order chi connectivity index (χ1) is 9.89. The first kappa shape index (κ1) is 24.8. The van der Waals surface area contributed by atoms with Gasteiger partial charge in [0.1, 0.15) is 0 Å². The van der Waals surface area contributed by atoms with Crippen molar-refractivity contribution in [3.05, 3.63) is 0 Å². The van der Waals surface area contributed by atoms with E-state index in [1.807, 2.05) is 0 Å². The van der Waals surface area contributed by atoms with Crippen molar-refractivity contribution in [1.29, 1.82) is 0 Å². The summed E-state index contributed by atoms with van der Waals surface area (Å²) in [7, 11) is 0. The van der Waals surface area contributed by atoms with Crippen LogP contribution in [0.3, 0.4) is 0 Å². The van der Waals surface area contributed by atoms with Gasteiger partial charge in [0.15, 0.2) is 5.41 Å². The monoisotopic (exact) mass is 340 g/mol. The number of carboxylic acids is 2. The molecular formula is C17H33KO4. The van der Waals surface area contributed by atoms with E-state index < -0.39 is 23.3 Å². The van der Waals surface area contributed by atoms with Gasteiger partial charge in [0.2, 0.25) is 0 Å². The van der Waals surface area contributed by atoms with Gasteiger partial charge in [0.25, 0.3) is 0 Å². The molecule has 0 aromatic rings. The molecule has 0 fully saturated rings. The van der Waals surface area contributed by atoms with E-state index in [0.29, 0.717) is 6.42 Å². The number of unbranched alkanes of at least 4 members (excludes halogenated alkanes) is 8. The van der Waals surface area contributed by atoms with Crippen LogP contribution in [0.5, 0.6) is 0 Å². The fraction of sp³-hybridized carbons (Fsp3) is 0.882.